The predicted octanol–water partition coefficient (Wildman–Crippen LogP) is 5.01. The zero-order valence-corrected chi connectivity index (χ0v) is 15.4. The average molecular weight is 362 g/mol. The van der Waals surface area contributed by atoms with Crippen LogP contribution in [0.2, 0.25) is 0 Å². The second-order valence-electron chi connectivity index (χ2n) is 6.20. The molecule has 0 aliphatic carbocycles. The molecule has 1 N–H and O–H groups in total. The van der Waals surface area contributed by atoms with Gasteiger partial charge in [-0.3, -0.25) is 4.79 Å². The third-order valence-corrected chi connectivity index (χ3v) is 4.18. The second kappa shape index (κ2) is 8.85. The van der Waals surface area contributed by atoms with Gasteiger partial charge in [-0.15, -0.1) is 0 Å². The molecule has 0 aliphatic rings. The number of carbonyl (C=O) groups excluding carboxylic acids is 1. The highest BCUT2D eigenvalue weighted by Crippen LogP contribution is 2.28. The van der Waals surface area contributed by atoms with Crippen molar-refractivity contribution in [3.63, 3.8) is 0 Å². The van der Waals surface area contributed by atoms with Crippen molar-refractivity contribution in [1.29, 1.82) is 0 Å². The van der Waals surface area contributed by atoms with E-state index in [9.17, 15) is 4.79 Å². The molecule has 1 atom stereocenters. The Kier molecular flexibility index (Phi) is 6.05. The highest BCUT2D eigenvalue weighted by molar-refractivity contribution is 5.92. The summed E-state index contributed by atoms with van der Waals surface area (Å²) < 4.78 is 11.0. The fourth-order valence-corrected chi connectivity index (χ4v) is 2.70. The summed E-state index contributed by atoms with van der Waals surface area (Å²) in [5, 5.41) is 2.90. The Labute approximate surface area is 159 Å². The number of hydrogen-bond acceptors (Lipinski definition) is 4. The molecule has 5 nitrogen and oxygen atoms in total. The first-order chi connectivity index (χ1) is 13.2. The van der Waals surface area contributed by atoms with Crippen molar-refractivity contribution < 1.29 is 14.3 Å². The Hall–Kier alpha value is -3.34. The van der Waals surface area contributed by atoms with Crippen LogP contribution in [0.25, 0.3) is 0 Å². The number of nitrogens with zero attached hydrogens (tertiary/aromatic N) is 1. The first-order valence-electron chi connectivity index (χ1n) is 8.77. The van der Waals surface area contributed by atoms with Crippen LogP contribution in [0.1, 0.15) is 24.8 Å². The standard InChI is InChI=1S/C22H22N2O3/c1-16(17-7-4-3-5-8-17)15-21(25)24-20-9-6-14-23-22(20)27-19-12-10-18(26-2)11-13-19/h3-14,16H,15H2,1-2H3,(H,24,25). The Morgan fingerprint density at radius 3 is 2.41 bits per heavy atom. The summed E-state index contributed by atoms with van der Waals surface area (Å²) in [7, 11) is 1.61. The minimum atomic E-state index is -0.0843. The second-order valence-corrected chi connectivity index (χ2v) is 6.20. The van der Waals surface area contributed by atoms with E-state index in [1.54, 1.807) is 49.7 Å². The molecule has 0 saturated carbocycles. The van der Waals surface area contributed by atoms with Gasteiger partial charge in [0.1, 0.15) is 17.2 Å². The lowest BCUT2D eigenvalue weighted by atomic mass is 9.97. The van der Waals surface area contributed by atoms with Crippen molar-refractivity contribution in [2.75, 3.05) is 12.4 Å². The number of methoxy groups -OCH3 is 1. The van der Waals surface area contributed by atoms with Crippen LogP contribution >= 0.6 is 0 Å². The molecule has 138 valence electrons. The van der Waals surface area contributed by atoms with Crippen molar-refractivity contribution in [3.8, 4) is 17.4 Å². The van der Waals surface area contributed by atoms with Gasteiger partial charge in [-0.05, 0) is 47.9 Å². The van der Waals surface area contributed by atoms with Gasteiger partial charge in [-0.2, -0.15) is 0 Å². The lowest BCUT2D eigenvalue weighted by molar-refractivity contribution is -0.116. The smallest absolute Gasteiger partial charge is 0.243 e. The van der Waals surface area contributed by atoms with E-state index in [0.29, 0.717) is 23.7 Å². The Morgan fingerprint density at radius 1 is 1.00 bits per heavy atom. The number of carbonyl (C=O) groups is 1. The molecule has 3 aromatic rings. The number of aromatic nitrogens is 1. The van der Waals surface area contributed by atoms with E-state index >= 15 is 0 Å². The predicted molar refractivity (Wildman–Crippen MR) is 105 cm³/mol. The van der Waals surface area contributed by atoms with E-state index in [1.807, 2.05) is 37.3 Å². The van der Waals surface area contributed by atoms with E-state index < -0.39 is 0 Å². The molecule has 1 aromatic heterocycles. The van der Waals surface area contributed by atoms with Crippen LogP contribution in [0.4, 0.5) is 5.69 Å². The maximum absolute atomic E-state index is 12.5. The van der Waals surface area contributed by atoms with Gasteiger partial charge in [0.2, 0.25) is 11.8 Å². The summed E-state index contributed by atoms with van der Waals surface area (Å²) in [6.45, 7) is 2.03. The maximum atomic E-state index is 12.5. The summed E-state index contributed by atoms with van der Waals surface area (Å²) in [6, 6.07) is 20.7. The molecule has 3 rings (SSSR count). The molecule has 0 spiro atoms. The number of anilines is 1. The fourth-order valence-electron chi connectivity index (χ4n) is 2.70. The zero-order chi connectivity index (χ0) is 19.1. The molecular weight excluding hydrogens is 340 g/mol. The zero-order valence-electron chi connectivity index (χ0n) is 15.4. The van der Waals surface area contributed by atoms with Crippen molar-refractivity contribution >= 4 is 11.6 Å². The molecule has 1 heterocycles. The minimum absolute atomic E-state index is 0.0843. The number of rotatable bonds is 7. The van der Waals surface area contributed by atoms with Crippen LogP contribution in [-0.4, -0.2) is 18.0 Å². The molecule has 0 fully saturated rings. The molecule has 1 unspecified atom stereocenters. The van der Waals surface area contributed by atoms with Gasteiger partial charge in [0.05, 0.1) is 7.11 Å². The highest BCUT2D eigenvalue weighted by Gasteiger charge is 2.14. The van der Waals surface area contributed by atoms with Crippen LogP contribution in [0, 0.1) is 0 Å². The molecule has 2 aromatic carbocycles. The number of hydrogen-bond donors (Lipinski definition) is 1. The lowest BCUT2D eigenvalue weighted by Gasteiger charge is -2.14. The van der Waals surface area contributed by atoms with Crippen molar-refractivity contribution in [2.45, 2.75) is 19.3 Å². The summed E-state index contributed by atoms with van der Waals surface area (Å²) in [5.74, 6) is 1.74. The van der Waals surface area contributed by atoms with Crippen molar-refractivity contribution in [3.05, 3.63) is 78.5 Å². The van der Waals surface area contributed by atoms with Gasteiger partial charge in [-0.25, -0.2) is 4.98 Å². The highest BCUT2D eigenvalue weighted by atomic mass is 16.5. The van der Waals surface area contributed by atoms with Gasteiger partial charge in [-0.1, -0.05) is 37.3 Å². The molecule has 0 saturated heterocycles. The summed E-state index contributed by atoms with van der Waals surface area (Å²) >= 11 is 0. The summed E-state index contributed by atoms with van der Waals surface area (Å²) in [4.78, 5) is 16.7. The van der Waals surface area contributed by atoms with E-state index in [1.165, 1.54) is 0 Å². The van der Waals surface area contributed by atoms with Crippen LogP contribution in [0.15, 0.2) is 72.9 Å². The minimum Gasteiger partial charge on any atom is -0.497 e. The Morgan fingerprint density at radius 2 is 1.70 bits per heavy atom. The third-order valence-electron chi connectivity index (χ3n) is 4.18. The largest absolute Gasteiger partial charge is 0.497 e. The van der Waals surface area contributed by atoms with E-state index in [2.05, 4.69) is 10.3 Å². The summed E-state index contributed by atoms with van der Waals surface area (Å²) in [6.07, 6.45) is 2.00. The van der Waals surface area contributed by atoms with Crippen LogP contribution in [-0.2, 0) is 4.79 Å². The number of amides is 1. The monoisotopic (exact) mass is 362 g/mol. The van der Waals surface area contributed by atoms with Gasteiger partial charge in [0, 0.05) is 12.6 Å². The first-order valence-corrected chi connectivity index (χ1v) is 8.77. The molecule has 1 amide bonds. The SMILES string of the molecule is COc1ccc(Oc2ncccc2NC(=O)CC(C)c2ccccc2)cc1. The molecule has 0 aliphatic heterocycles. The molecular formula is C22H22N2O3. The van der Waals surface area contributed by atoms with Gasteiger partial charge in [0.25, 0.3) is 0 Å². The Balaban J connectivity index is 1.67. The van der Waals surface area contributed by atoms with Crippen LogP contribution in [0.5, 0.6) is 17.4 Å². The maximum Gasteiger partial charge on any atom is 0.243 e. The van der Waals surface area contributed by atoms with Crippen LogP contribution < -0.4 is 14.8 Å². The van der Waals surface area contributed by atoms with Crippen LogP contribution in [0.3, 0.4) is 0 Å². The quantitative estimate of drug-likeness (QED) is 0.641. The number of ether oxygens (including phenoxy) is 2. The van der Waals surface area contributed by atoms with E-state index in [0.717, 1.165) is 11.3 Å². The molecule has 0 radical (unpaired) electrons. The topological polar surface area (TPSA) is 60.5 Å². The third kappa shape index (κ3) is 5.07. The van der Waals surface area contributed by atoms with Gasteiger partial charge >= 0.3 is 0 Å². The number of pyridine rings is 1. The van der Waals surface area contributed by atoms with Crippen molar-refractivity contribution in [1.82, 2.24) is 4.98 Å². The molecule has 27 heavy (non-hydrogen) atoms. The van der Waals surface area contributed by atoms with Crippen molar-refractivity contribution in [2.24, 2.45) is 0 Å². The molecule has 5 heteroatoms. The lowest BCUT2D eigenvalue weighted by Crippen LogP contribution is -2.15. The molecule has 0 bridgehead atoms. The normalized spacial score (nSPS) is 11.5. The van der Waals surface area contributed by atoms with E-state index in [-0.39, 0.29) is 11.8 Å². The Bertz CT molecular complexity index is 880. The average Bonchev–Trinajstić information content (AvgIpc) is 2.70. The fraction of sp³-hybridized carbons (Fsp3) is 0.182. The summed E-state index contributed by atoms with van der Waals surface area (Å²) in [5.41, 5.74) is 1.67. The van der Waals surface area contributed by atoms with Gasteiger partial charge in [0.15, 0.2) is 0 Å². The van der Waals surface area contributed by atoms with Gasteiger partial charge < -0.3 is 14.8 Å². The number of benzene rings is 2. The number of nitrogens with one attached hydrogen (secondary N) is 1. The first kappa shape index (κ1) is 18.5. The van der Waals surface area contributed by atoms with E-state index in [4.69, 9.17) is 9.47 Å².